The van der Waals surface area contributed by atoms with E-state index in [9.17, 15) is 14.4 Å². The van der Waals surface area contributed by atoms with E-state index >= 15 is 0 Å². The molecule has 0 aliphatic carbocycles. The van der Waals surface area contributed by atoms with Gasteiger partial charge in [0.15, 0.2) is 12.4 Å². The number of aryl methyl sites for hydroxylation is 2. The Labute approximate surface area is 158 Å². The third-order valence-electron chi connectivity index (χ3n) is 4.66. The van der Waals surface area contributed by atoms with Gasteiger partial charge in [-0.05, 0) is 62.2 Å². The van der Waals surface area contributed by atoms with Crippen molar-refractivity contribution in [2.75, 3.05) is 23.4 Å². The van der Waals surface area contributed by atoms with Crippen molar-refractivity contribution in [1.29, 1.82) is 0 Å². The Morgan fingerprint density at radius 1 is 1.11 bits per heavy atom. The van der Waals surface area contributed by atoms with Gasteiger partial charge in [-0.3, -0.25) is 14.4 Å². The number of Topliss-reactive ketones (excluding diaryl/α,β-unsaturated/α-hetero) is 1. The van der Waals surface area contributed by atoms with Crippen LogP contribution in [0.4, 0.5) is 11.4 Å². The van der Waals surface area contributed by atoms with Crippen LogP contribution in [-0.2, 0) is 9.59 Å². The standard InChI is InChI=1S/C21H22N2O4/c1-13-4-6-17(10-14(13)2)22-20(25)8-9-23-18-11-16(15(3)24)5-7-19(18)27-12-21(23)26/h4-7,10-11H,8-9,12H2,1-3H3,(H,22,25). The first-order valence-corrected chi connectivity index (χ1v) is 8.80. The molecule has 2 aromatic carbocycles. The maximum absolute atomic E-state index is 12.3. The molecule has 0 fully saturated rings. The molecule has 0 spiro atoms. The Morgan fingerprint density at radius 3 is 2.59 bits per heavy atom. The SMILES string of the molecule is CC(=O)c1ccc2c(c1)N(CCC(=O)Nc1ccc(C)c(C)c1)C(=O)CO2. The summed E-state index contributed by atoms with van der Waals surface area (Å²) in [7, 11) is 0. The number of hydrogen-bond donors (Lipinski definition) is 1. The summed E-state index contributed by atoms with van der Waals surface area (Å²) < 4.78 is 5.42. The Balaban J connectivity index is 1.71. The van der Waals surface area contributed by atoms with Crippen molar-refractivity contribution in [3.8, 4) is 5.75 Å². The Bertz CT molecular complexity index is 920. The molecular weight excluding hydrogens is 344 g/mol. The molecule has 6 nitrogen and oxygen atoms in total. The van der Waals surface area contributed by atoms with Crippen LogP contribution < -0.4 is 15.0 Å². The van der Waals surface area contributed by atoms with E-state index in [-0.39, 0.29) is 37.2 Å². The lowest BCUT2D eigenvalue weighted by atomic mass is 10.1. The third kappa shape index (κ3) is 4.16. The van der Waals surface area contributed by atoms with Crippen LogP contribution in [0.1, 0.15) is 34.8 Å². The van der Waals surface area contributed by atoms with Crippen molar-refractivity contribution in [2.24, 2.45) is 0 Å². The predicted octanol–water partition coefficient (Wildman–Crippen LogP) is 3.26. The lowest BCUT2D eigenvalue weighted by Crippen LogP contribution is -2.40. The quantitative estimate of drug-likeness (QED) is 0.824. The van der Waals surface area contributed by atoms with E-state index in [2.05, 4.69) is 5.32 Å². The molecule has 1 aliphatic heterocycles. The van der Waals surface area contributed by atoms with E-state index in [4.69, 9.17) is 4.74 Å². The lowest BCUT2D eigenvalue weighted by molar-refractivity contribution is -0.121. The number of carbonyl (C=O) groups excluding carboxylic acids is 3. The van der Waals surface area contributed by atoms with Gasteiger partial charge in [0.2, 0.25) is 5.91 Å². The van der Waals surface area contributed by atoms with Crippen LogP contribution in [0.3, 0.4) is 0 Å². The molecular formula is C21H22N2O4. The molecule has 140 valence electrons. The average molecular weight is 366 g/mol. The zero-order chi connectivity index (χ0) is 19.6. The maximum atomic E-state index is 12.3. The van der Waals surface area contributed by atoms with E-state index in [1.54, 1.807) is 18.2 Å². The van der Waals surface area contributed by atoms with E-state index in [1.165, 1.54) is 11.8 Å². The average Bonchev–Trinajstić information content (AvgIpc) is 2.63. The van der Waals surface area contributed by atoms with Gasteiger partial charge in [0.25, 0.3) is 5.91 Å². The number of fused-ring (bicyclic) bond motifs is 1. The fourth-order valence-electron chi connectivity index (χ4n) is 2.92. The van der Waals surface area contributed by atoms with E-state index in [0.717, 1.165) is 16.8 Å². The zero-order valence-electron chi connectivity index (χ0n) is 15.7. The molecule has 0 unspecified atom stereocenters. The molecule has 0 saturated heterocycles. The van der Waals surface area contributed by atoms with E-state index in [1.807, 2.05) is 32.0 Å². The summed E-state index contributed by atoms with van der Waals surface area (Å²) in [5.41, 5.74) is 4.01. The summed E-state index contributed by atoms with van der Waals surface area (Å²) in [6, 6.07) is 10.7. The molecule has 2 aromatic rings. The largest absolute Gasteiger partial charge is 0.482 e. The third-order valence-corrected chi connectivity index (χ3v) is 4.66. The summed E-state index contributed by atoms with van der Waals surface area (Å²) >= 11 is 0. The van der Waals surface area contributed by atoms with Crippen LogP contribution in [0.2, 0.25) is 0 Å². The highest BCUT2D eigenvalue weighted by Gasteiger charge is 2.26. The minimum absolute atomic E-state index is 0.0782. The van der Waals surface area contributed by atoms with Gasteiger partial charge < -0.3 is 15.0 Å². The first kappa shape index (κ1) is 18.6. The van der Waals surface area contributed by atoms with Gasteiger partial charge in [-0.25, -0.2) is 0 Å². The predicted molar refractivity (Wildman–Crippen MR) is 103 cm³/mol. The van der Waals surface area contributed by atoms with Crippen LogP contribution >= 0.6 is 0 Å². The van der Waals surface area contributed by atoms with Crippen molar-refractivity contribution in [2.45, 2.75) is 27.2 Å². The number of rotatable bonds is 5. The van der Waals surface area contributed by atoms with Crippen LogP contribution in [0, 0.1) is 13.8 Å². The van der Waals surface area contributed by atoms with Crippen LogP contribution in [0.25, 0.3) is 0 Å². The fraction of sp³-hybridized carbons (Fsp3) is 0.286. The molecule has 0 atom stereocenters. The smallest absolute Gasteiger partial charge is 0.265 e. The molecule has 1 heterocycles. The van der Waals surface area contributed by atoms with Gasteiger partial charge >= 0.3 is 0 Å². The summed E-state index contributed by atoms with van der Waals surface area (Å²) in [4.78, 5) is 37.7. The number of anilines is 2. The van der Waals surface area contributed by atoms with Crippen LogP contribution in [0.15, 0.2) is 36.4 Å². The molecule has 6 heteroatoms. The molecule has 3 rings (SSSR count). The minimum atomic E-state index is -0.234. The molecule has 1 N–H and O–H groups in total. The second-order valence-corrected chi connectivity index (χ2v) is 6.67. The minimum Gasteiger partial charge on any atom is -0.482 e. The van der Waals surface area contributed by atoms with Gasteiger partial charge in [-0.15, -0.1) is 0 Å². The van der Waals surface area contributed by atoms with Crippen molar-refractivity contribution in [3.05, 3.63) is 53.1 Å². The molecule has 0 radical (unpaired) electrons. The Hall–Kier alpha value is -3.15. The fourth-order valence-corrected chi connectivity index (χ4v) is 2.92. The lowest BCUT2D eigenvalue weighted by Gasteiger charge is -2.29. The van der Waals surface area contributed by atoms with E-state index in [0.29, 0.717) is 17.0 Å². The Kier molecular flexibility index (Phi) is 5.26. The molecule has 27 heavy (non-hydrogen) atoms. The molecule has 0 saturated carbocycles. The van der Waals surface area contributed by atoms with Crippen molar-refractivity contribution < 1.29 is 19.1 Å². The number of hydrogen-bond acceptors (Lipinski definition) is 4. The van der Waals surface area contributed by atoms with Gasteiger partial charge in [0, 0.05) is 24.2 Å². The molecule has 0 bridgehead atoms. The molecule has 0 aromatic heterocycles. The van der Waals surface area contributed by atoms with E-state index < -0.39 is 0 Å². The summed E-state index contributed by atoms with van der Waals surface area (Å²) in [6.07, 6.45) is 0.141. The highest BCUT2D eigenvalue weighted by atomic mass is 16.5. The topological polar surface area (TPSA) is 75.7 Å². The number of ether oxygens (including phenoxy) is 1. The van der Waals surface area contributed by atoms with Gasteiger partial charge in [0.05, 0.1) is 5.69 Å². The highest BCUT2D eigenvalue weighted by Crippen LogP contribution is 2.33. The first-order valence-electron chi connectivity index (χ1n) is 8.80. The van der Waals surface area contributed by atoms with Gasteiger partial charge in [-0.1, -0.05) is 6.07 Å². The number of nitrogens with one attached hydrogen (secondary N) is 1. The first-order chi connectivity index (χ1) is 12.8. The monoisotopic (exact) mass is 366 g/mol. The number of ketones is 1. The van der Waals surface area contributed by atoms with Crippen LogP contribution in [0.5, 0.6) is 5.75 Å². The normalized spacial score (nSPS) is 13.0. The second kappa shape index (κ2) is 7.61. The summed E-state index contributed by atoms with van der Waals surface area (Å²) in [5, 5.41) is 2.86. The van der Waals surface area contributed by atoms with Crippen molar-refractivity contribution in [3.63, 3.8) is 0 Å². The number of amides is 2. The maximum Gasteiger partial charge on any atom is 0.265 e. The van der Waals surface area contributed by atoms with Crippen molar-refractivity contribution >= 4 is 29.0 Å². The zero-order valence-corrected chi connectivity index (χ0v) is 15.7. The number of carbonyl (C=O) groups is 3. The molecule has 1 aliphatic rings. The molecule has 2 amide bonds. The number of benzene rings is 2. The van der Waals surface area contributed by atoms with Crippen molar-refractivity contribution in [1.82, 2.24) is 0 Å². The summed E-state index contributed by atoms with van der Waals surface area (Å²) in [5.74, 6) is 0.0291. The number of nitrogens with zero attached hydrogens (tertiary/aromatic N) is 1. The van der Waals surface area contributed by atoms with Crippen LogP contribution in [-0.4, -0.2) is 30.7 Å². The van der Waals surface area contributed by atoms with Gasteiger partial charge in [-0.2, -0.15) is 0 Å². The second-order valence-electron chi connectivity index (χ2n) is 6.67. The highest BCUT2D eigenvalue weighted by molar-refractivity contribution is 6.02. The summed E-state index contributed by atoms with van der Waals surface area (Å²) in [6.45, 7) is 5.60. The Morgan fingerprint density at radius 2 is 1.89 bits per heavy atom. The van der Waals surface area contributed by atoms with Gasteiger partial charge in [0.1, 0.15) is 5.75 Å².